The van der Waals surface area contributed by atoms with E-state index < -0.39 is 0 Å². The largest absolute Gasteiger partial charge is 0.313 e. The quantitative estimate of drug-likeness (QED) is 0.401. The Labute approximate surface area is 182 Å². The van der Waals surface area contributed by atoms with E-state index in [1.54, 1.807) is 23.0 Å². The van der Waals surface area contributed by atoms with E-state index in [0.717, 1.165) is 47.7 Å². The van der Waals surface area contributed by atoms with Crippen LogP contribution in [-0.2, 0) is 17.6 Å². The maximum atomic E-state index is 11.2. The van der Waals surface area contributed by atoms with Crippen molar-refractivity contribution in [2.75, 3.05) is 26.2 Å². The van der Waals surface area contributed by atoms with Crippen molar-refractivity contribution in [3.8, 4) is 0 Å². The van der Waals surface area contributed by atoms with Gasteiger partial charge in [0.25, 0.3) is 0 Å². The first kappa shape index (κ1) is 21.4. The normalized spacial score (nSPS) is 22.2. The van der Waals surface area contributed by atoms with Gasteiger partial charge in [0.05, 0.1) is 11.4 Å². The van der Waals surface area contributed by atoms with Crippen LogP contribution in [0.5, 0.6) is 0 Å². The number of nitrogens with zero attached hydrogens (tertiary/aromatic N) is 2. The topological polar surface area (TPSA) is 77.5 Å². The lowest BCUT2D eigenvalue weighted by atomic mass is 9.96. The minimum absolute atomic E-state index is 0.197. The van der Waals surface area contributed by atoms with Crippen LogP contribution in [0.1, 0.15) is 47.0 Å². The Bertz CT molecular complexity index is 805. The summed E-state index contributed by atoms with van der Waals surface area (Å²) >= 11 is 1.57. The average molecular weight is 429 g/mol. The summed E-state index contributed by atoms with van der Waals surface area (Å²) < 4.78 is 0. The molecule has 4 rings (SSSR count). The van der Waals surface area contributed by atoms with Gasteiger partial charge in [0, 0.05) is 29.5 Å². The first-order valence-corrected chi connectivity index (χ1v) is 11.9. The summed E-state index contributed by atoms with van der Waals surface area (Å²) in [5.74, 6) is 1.13. The molecule has 1 saturated heterocycles. The number of hydrogen-bond acceptors (Lipinski definition) is 6. The Kier molecular flexibility index (Phi) is 7.49. The number of aromatic nitrogens is 1. The fourth-order valence-electron chi connectivity index (χ4n) is 4.42. The highest BCUT2D eigenvalue weighted by Crippen LogP contribution is 2.40. The van der Waals surface area contributed by atoms with Gasteiger partial charge in [-0.1, -0.05) is 30.3 Å². The molecule has 2 unspecified atom stereocenters. The average Bonchev–Trinajstić information content (AvgIpc) is 3.44. The molecular formula is C23H32N4O2S. The highest BCUT2D eigenvalue weighted by molar-refractivity contribution is 7.11. The van der Waals surface area contributed by atoms with E-state index in [2.05, 4.69) is 45.5 Å². The Morgan fingerprint density at radius 1 is 1.23 bits per heavy atom. The molecule has 1 saturated carbocycles. The highest BCUT2D eigenvalue weighted by atomic mass is 32.1. The molecule has 1 aromatic carbocycles. The molecule has 2 heterocycles. The van der Waals surface area contributed by atoms with Crippen molar-refractivity contribution in [1.29, 1.82) is 0 Å². The van der Waals surface area contributed by atoms with Crippen molar-refractivity contribution < 1.29 is 10.0 Å². The third kappa shape index (κ3) is 6.11. The summed E-state index contributed by atoms with van der Waals surface area (Å²) in [6.07, 6.45) is 7.85. The lowest BCUT2D eigenvalue weighted by Gasteiger charge is -2.32. The van der Waals surface area contributed by atoms with Crippen LogP contribution in [-0.4, -0.2) is 53.2 Å². The second kappa shape index (κ2) is 10.5. The molecule has 1 aliphatic heterocycles. The van der Waals surface area contributed by atoms with E-state index in [1.807, 2.05) is 0 Å². The van der Waals surface area contributed by atoms with Gasteiger partial charge >= 0.3 is 0 Å². The van der Waals surface area contributed by atoms with Crippen molar-refractivity contribution in [3.63, 3.8) is 0 Å². The smallest absolute Gasteiger partial charge is 0.248 e. The molecule has 1 aliphatic carbocycles. The monoisotopic (exact) mass is 428 g/mol. The van der Waals surface area contributed by atoms with E-state index in [4.69, 9.17) is 5.21 Å². The summed E-state index contributed by atoms with van der Waals surface area (Å²) in [5, 5.41) is 13.5. The van der Waals surface area contributed by atoms with E-state index >= 15 is 0 Å². The van der Waals surface area contributed by atoms with Crippen LogP contribution in [0, 0.1) is 5.92 Å². The van der Waals surface area contributed by atoms with Gasteiger partial charge in [-0.3, -0.25) is 10.0 Å². The van der Waals surface area contributed by atoms with Gasteiger partial charge in [-0.2, -0.15) is 0 Å². The fourth-order valence-corrected chi connectivity index (χ4v) is 5.38. The Morgan fingerprint density at radius 2 is 2.03 bits per heavy atom. The zero-order valence-electron chi connectivity index (χ0n) is 17.4. The minimum atomic E-state index is -0.389. The Hall–Kier alpha value is -1.80. The van der Waals surface area contributed by atoms with Crippen LogP contribution in [0.3, 0.4) is 0 Å². The number of thiazole rings is 1. The number of carbonyl (C=O) groups is 1. The molecule has 162 valence electrons. The molecule has 0 spiro atoms. The second-order valence-electron chi connectivity index (χ2n) is 8.59. The maximum Gasteiger partial charge on any atom is 0.248 e. The van der Waals surface area contributed by atoms with Crippen molar-refractivity contribution >= 4 is 17.2 Å². The summed E-state index contributed by atoms with van der Waals surface area (Å²) in [6, 6.07) is 11.6. The third-order valence-corrected chi connectivity index (χ3v) is 7.38. The number of benzene rings is 1. The number of aryl methyl sites for hydroxylation is 1. The van der Waals surface area contributed by atoms with Gasteiger partial charge in [-0.15, -0.1) is 11.3 Å². The Balaban J connectivity index is 1.08. The Morgan fingerprint density at radius 3 is 2.80 bits per heavy atom. The molecule has 7 heteroatoms. The van der Waals surface area contributed by atoms with Crippen LogP contribution >= 0.6 is 11.3 Å². The van der Waals surface area contributed by atoms with Gasteiger partial charge in [-0.05, 0) is 63.3 Å². The fraction of sp³-hybridized carbons (Fsp3) is 0.565. The van der Waals surface area contributed by atoms with Crippen molar-refractivity contribution in [2.24, 2.45) is 5.92 Å². The summed E-state index contributed by atoms with van der Waals surface area (Å²) in [5.41, 5.74) is 3.15. The highest BCUT2D eigenvalue weighted by Gasteiger charge is 2.38. The first-order valence-electron chi connectivity index (χ1n) is 11.1. The predicted octanol–water partition coefficient (Wildman–Crippen LogP) is 2.98. The van der Waals surface area contributed by atoms with Crippen LogP contribution in [0.15, 0.2) is 36.5 Å². The van der Waals surface area contributed by atoms with E-state index in [0.29, 0.717) is 6.04 Å². The van der Waals surface area contributed by atoms with Crippen molar-refractivity contribution in [3.05, 3.63) is 52.0 Å². The molecule has 2 aromatic rings. The van der Waals surface area contributed by atoms with Gasteiger partial charge in [0.15, 0.2) is 0 Å². The molecular weight excluding hydrogens is 396 g/mol. The second-order valence-corrected chi connectivity index (χ2v) is 9.79. The van der Waals surface area contributed by atoms with Crippen molar-refractivity contribution in [2.45, 2.75) is 50.5 Å². The van der Waals surface area contributed by atoms with Gasteiger partial charge in [0.1, 0.15) is 0 Å². The molecule has 0 bridgehead atoms. The third-order valence-electron chi connectivity index (χ3n) is 6.32. The lowest BCUT2D eigenvalue weighted by molar-refractivity contribution is -0.128. The molecule has 6 nitrogen and oxygen atoms in total. The number of nitrogens with one attached hydrogen (secondary N) is 2. The van der Waals surface area contributed by atoms with Crippen molar-refractivity contribution in [1.82, 2.24) is 20.7 Å². The lowest BCUT2D eigenvalue weighted by Crippen LogP contribution is -2.38. The number of rotatable bonds is 10. The number of likely N-dealkylation sites (tertiary alicyclic amines) is 1. The van der Waals surface area contributed by atoms with Crippen LogP contribution in [0.2, 0.25) is 0 Å². The molecule has 1 aromatic heterocycles. The SMILES string of the molecule is O=C(Cc1cnc(CCCN2CCC(CNC3CC3c3ccccc3)CC2)s1)NO. The molecule has 2 aliphatic rings. The summed E-state index contributed by atoms with van der Waals surface area (Å²) in [6.45, 7) is 4.66. The number of hydrogen-bond donors (Lipinski definition) is 3. The van der Waals surface area contributed by atoms with Gasteiger partial charge < -0.3 is 10.2 Å². The van der Waals surface area contributed by atoms with E-state index in [-0.39, 0.29) is 12.3 Å². The summed E-state index contributed by atoms with van der Waals surface area (Å²) in [7, 11) is 0. The van der Waals surface area contributed by atoms with Gasteiger partial charge in [0.2, 0.25) is 5.91 Å². The number of hydroxylamine groups is 1. The first-order chi connectivity index (χ1) is 14.7. The minimum Gasteiger partial charge on any atom is -0.313 e. The molecule has 2 atom stereocenters. The zero-order chi connectivity index (χ0) is 20.8. The molecule has 3 N–H and O–H groups in total. The van der Waals surface area contributed by atoms with Crippen LogP contribution in [0.25, 0.3) is 0 Å². The van der Waals surface area contributed by atoms with E-state index in [1.165, 1.54) is 37.9 Å². The predicted molar refractivity (Wildman–Crippen MR) is 119 cm³/mol. The molecule has 1 amide bonds. The molecule has 0 radical (unpaired) electrons. The van der Waals surface area contributed by atoms with E-state index in [9.17, 15) is 4.79 Å². The molecule has 30 heavy (non-hydrogen) atoms. The summed E-state index contributed by atoms with van der Waals surface area (Å²) in [4.78, 5) is 19.1. The molecule has 2 fully saturated rings. The van der Waals surface area contributed by atoms with Gasteiger partial charge in [-0.25, -0.2) is 10.5 Å². The number of amides is 1. The zero-order valence-corrected chi connectivity index (χ0v) is 18.2. The number of piperidine rings is 1. The maximum absolute atomic E-state index is 11.2. The number of carbonyl (C=O) groups excluding carboxylic acids is 1. The van der Waals surface area contributed by atoms with Crippen LogP contribution < -0.4 is 10.8 Å². The standard InChI is InChI=1S/C23H32N4O2S/c28-22(26-29)13-19-16-25-23(30-19)7-4-10-27-11-8-17(9-12-27)15-24-21-14-20(21)18-5-2-1-3-6-18/h1-3,5-6,16-17,20-21,24,29H,4,7-15H2,(H,26,28). The van der Waals surface area contributed by atoms with Crippen LogP contribution in [0.4, 0.5) is 0 Å².